The molecular formula is C14H16N2OS2. The number of hydrogen-bond donors (Lipinski definition) is 1. The molecule has 0 saturated carbocycles. The van der Waals surface area contributed by atoms with Crippen molar-refractivity contribution >= 4 is 44.8 Å². The van der Waals surface area contributed by atoms with Gasteiger partial charge in [-0.05, 0) is 18.2 Å². The van der Waals surface area contributed by atoms with Gasteiger partial charge in [-0.1, -0.05) is 18.2 Å². The summed E-state index contributed by atoms with van der Waals surface area (Å²) in [6, 6.07) is 8.27. The molecule has 3 rings (SSSR count). The lowest BCUT2D eigenvalue weighted by atomic mass is 10.2. The number of benzene rings is 1. The van der Waals surface area contributed by atoms with Gasteiger partial charge in [0.25, 0.3) is 5.91 Å². The minimum atomic E-state index is 0.0613. The van der Waals surface area contributed by atoms with Gasteiger partial charge < -0.3 is 10.6 Å². The van der Waals surface area contributed by atoms with E-state index in [-0.39, 0.29) is 5.91 Å². The van der Waals surface area contributed by atoms with Crippen LogP contribution in [0.3, 0.4) is 0 Å². The number of thioether (sulfide) groups is 1. The number of fused-ring (bicyclic) bond motifs is 1. The van der Waals surface area contributed by atoms with E-state index in [9.17, 15) is 4.79 Å². The lowest BCUT2D eigenvalue weighted by Gasteiger charge is -2.23. The van der Waals surface area contributed by atoms with E-state index in [1.165, 1.54) is 11.3 Å². The van der Waals surface area contributed by atoms with E-state index in [0.717, 1.165) is 28.0 Å². The highest BCUT2D eigenvalue weighted by Gasteiger charge is 2.27. The highest BCUT2D eigenvalue weighted by molar-refractivity contribution is 7.99. The molecule has 2 N–H and O–H groups in total. The van der Waals surface area contributed by atoms with Crippen molar-refractivity contribution < 1.29 is 4.79 Å². The van der Waals surface area contributed by atoms with Crippen LogP contribution in [0.2, 0.25) is 0 Å². The predicted octanol–water partition coefficient (Wildman–Crippen LogP) is 3.06. The van der Waals surface area contributed by atoms with Gasteiger partial charge in [-0.15, -0.1) is 11.3 Å². The Labute approximate surface area is 120 Å². The van der Waals surface area contributed by atoms with Crippen molar-refractivity contribution in [2.75, 3.05) is 24.3 Å². The first-order valence-corrected chi connectivity index (χ1v) is 8.27. The maximum absolute atomic E-state index is 12.6. The second-order valence-electron chi connectivity index (χ2n) is 4.77. The van der Waals surface area contributed by atoms with Gasteiger partial charge in [-0.25, -0.2) is 0 Å². The minimum Gasteiger partial charge on any atom is -0.397 e. The number of thiophene rings is 1. The Kier molecular flexibility index (Phi) is 3.41. The maximum Gasteiger partial charge on any atom is 0.266 e. The molecule has 19 heavy (non-hydrogen) atoms. The van der Waals surface area contributed by atoms with Crippen molar-refractivity contribution in [1.29, 1.82) is 0 Å². The van der Waals surface area contributed by atoms with Crippen LogP contribution >= 0.6 is 23.1 Å². The largest absolute Gasteiger partial charge is 0.397 e. The molecule has 0 spiro atoms. The zero-order valence-corrected chi connectivity index (χ0v) is 12.4. The van der Waals surface area contributed by atoms with Crippen LogP contribution in [0.5, 0.6) is 0 Å². The molecule has 1 aliphatic heterocycles. The molecule has 0 bridgehead atoms. The van der Waals surface area contributed by atoms with Gasteiger partial charge in [0, 0.05) is 28.9 Å². The fourth-order valence-corrected chi connectivity index (χ4v) is 4.75. The zero-order chi connectivity index (χ0) is 13.4. The van der Waals surface area contributed by atoms with E-state index >= 15 is 0 Å². The molecule has 0 aliphatic carbocycles. The average molecular weight is 292 g/mol. The summed E-state index contributed by atoms with van der Waals surface area (Å²) in [7, 11) is 1.89. The number of carbonyl (C=O) groups excluding carboxylic acids is 1. The molecule has 5 heteroatoms. The van der Waals surface area contributed by atoms with Crippen molar-refractivity contribution in [1.82, 2.24) is 4.90 Å². The summed E-state index contributed by atoms with van der Waals surface area (Å²) >= 11 is 3.41. The molecule has 1 aromatic carbocycles. The fraction of sp³-hybridized carbons (Fsp3) is 0.357. The van der Waals surface area contributed by atoms with E-state index in [0.29, 0.717) is 16.6 Å². The SMILES string of the molecule is CN(C(=O)c1sc2ccccc2c1N)C1CCSC1. The number of nitrogens with zero attached hydrogens (tertiary/aromatic N) is 1. The Morgan fingerprint density at radius 3 is 2.89 bits per heavy atom. The topological polar surface area (TPSA) is 46.3 Å². The molecule has 1 unspecified atom stereocenters. The van der Waals surface area contributed by atoms with E-state index in [1.54, 1.807) is 0 Å². The third kappa shape index (κ3) is 2.21. The normalized spacial score (nSPS) is 18.9. The Hall–Kier alpha value is -1.20. The number of amides is 1. The van der Waals surface area contributed by atoms with Crippen LogP contribution in [-0.4, -0.2) is 35.4 Å². The lowest BCUT2D eigenvalue weighted by molar-refractivity contribution is 0.0754. The van der Waals surface area contributed by atoms with Crippen LogP contribution in [0.15, 0.2) is 24.3 Å². The van der Waals surface area contributed by atoms with Crippen LogP contribution < -0.4 is 5.73 Å². The first-order chi connectivity index (χ1) is 9.18. The number of rotatable bonds is 2. The molecule has 2 heterocycles. The Morgan fingerprint density at radius 2 is 2.21 bits per heavy atom. The van der Waals surface area contributed by atoms with Crippen molar-refractivity contribution in [3.63, 3.8) is 0 Å². The Morgan fingerprint density at radius 1 is 1.42 bits per heavy atom. The number of nitrogen functional groups attached to an aromatic ring is 1. The minimum absolute atomic E-state index is 0.0613. The predicted molar refractivity (Wildman–Crippen MR) is 84.1 cm³/mol. The summed E-state index contributed by atoms with van der Waals surface area (Å²) < 4.78 is 1.08. The second-order valence-corrected chi connectivity index (χ2v) is 6.98. The standard InChI is InChI=1S/C14H16N2OS2/c1-16(9-6-7-18-8-9)14(17)13-12(15)10-4-2-3-5-11(10)19-13/h2-5,9H,6-8,15H2,1H3. The number of carbonyl (C=O) groups is 1. The quantitative estimate of drug-likeness (QED) is 0.925. The molecule has 2 aromatic rings. The molecule has 3 nitrogen and oxygen atoms in total. The summed E-state index contributed by atoms with van der Waals surface area (Å²) in [4.78, 5) is 15.1. The second kappa shape index (κ2) is 5.06. The monoisotopic (exact) mass is 292 g/mol. The summed E-state index contributed by atoms with van der Waals surface area (Å²) in [5, 5.41) is 0.991. The van der Waals surface area contributed by atoms with Crippen molar-refractivity contribution in [3.05, 3.63) is 29.1 Å². The first kappa shape index (κ1) is 12.8. The summed E-state index contributed by atoms with van der Waals surface area (Å²) in [5.74, 6) is 2.24. The van der Waals surface area contributed by atoms with E-state index in [1.807, 2.05) is 48.0 Å². The molecule has 1 aliphatic rings. The molecule has 0 radical (unpaired) electrons. The van der Waals surface area contributed by atoms with E-state index < -0.39 is 0 Å². The molecule has 1 aromatic heterocycles. The Bertz CT molecular complexity index is 617. The van der Waals surface area contributed by atoms with Crippen LogP contribution in [0, 0.1) is 0 Å². The van der Waals surface area contributed by atoms with Gasteiger partial charge in [0.2, 0.25) is 0 Å². The van der Waals surface area contributed by atoms with Crippen molar-refractivity contribution in [2.45, 2.75) is 12.5 Å². The third-order valence-electron chi connectivity index (χ3n) is 3.60. The first-order valence-electron chi connectivity index (χ1n) is 6.30. The van der Waals surface area contributed by atoms with Crippen LogP contribution in [0.25, 0.3) is 10.1 Å². The average Bonchev–Trinajstić information content (AvgIpc) is 3.06. The zero-order valence-electron chi connectivity index (χ0n) is 10.8. The summed E-state index contributed by atoms with van der Waals surface area (Å²) in [6.07, 6.45) is 1.08. The van der Waals surface area contributed by atoms with Crippen molar-refractivity contribution in [3.8, 4) is 0 Å². The highest BCUT2D eigenvalue weighted by atomic mass is 32.2. The molecule has 1 fully saturated rings. The smallest absolute Gasteiger partial charge is 0.266 e. The van der Waals surface area contributed by atoms with Crippen LogP contribution in [-0.2, 0) is 0 Å². The summed E-state index contributed by atoms with van der Waals surface area (Å²) in [6.45, 7) is 0. The van der Waals surface area contributed by atoms with Gasteiger partial charge in [-0.3, -0.25) is 4.79 Å². The third-order valence-corrected chi connectivity index (χ3v) is 5.92. The van der Waals surface area contributed by atoms with Gasteiger partial charge in [0.15, 0.2) is 0 Å². The van der Waals surface area contributed by atoms with Crippen LogP contribution in [0.4, 0.5) is 5.69 Å². The fourth-order valence-electron chi connectivity index (χ4n) is 2.38. The van der Waals surface area contributed by atoms with Gasteiger partial charge in [-0.2, -0.15) is 11.8 Å². The molecule has 1 saturated heterocycles. The van der Waals surface area contributed by atoms with Crippen LogP contribution in [0.1, 0.15) is 16.1 Å². The highest BCUT2D eigenvalue weighted by Crippen LogP contribution is 2.35. The van der Waals surface area contributed by atoms with Gasteiger partial charge in [0.1, 0.15) is 4.88 Å². The number of nitrogens with two attached hydrogens (primary N) is 1. The Balaban J connectivity index is 1.94. The van der Waals surface area contributed by atoms with E-state index in [2.05, 4.69) is 0 Å². The number of anilines is 1. The summed E-state index contributed by atoms with van der Waals surface area (Å²) in [5.41, 5.74) is 6.76. The van der Waals surface area contributed by atoms with E-state index in [4.69, 9.17) is 5.73 Å². The molecular weight excluding hydrogens is 276 g/mol. The van der Waals surface area contributed by atoms with Gasteiger partial charge in [0.05, 0.1) is 5.69 Å². The molecule has 1 amide bonds. The maximum atomic E-state index is 12.6. The molecule has 100 valence electrons. The van der Waals surface area contributed by atoms with Gasteiger partial charge >= 0.3 is 0 Å². The molecule has 1 atom stereocenters. The lowest BCUT2D eigenvalue weighted by Crippen LogP contribution is -2.36. The number of hydrogen-bond acceptors (Lipinski definition) is 4. The van der Waals surface area contributed by atoms with Crippen molar-refractivity contribution in [2.24, 2.45) is 0 Å².